The molecule has 2 aromatic rings. The Morgan fingerprint density at radius 3 is 2.59 bits per heavy atom. The van der Waals surface area contributed by atoms with Crippen molar-refractivity contribution in [2.24, 2.45) is 5.92 Å². The van der Waals surface area contributed by atoms with Crippen molar-refractivity contribution in [2.75, 3.05) is 23.6 Å². The van der Waals surface area contributed by atoms with E-state index in [0.717, 1.165) is 16.8 Å². The Morgan fingerprint density at radius 1 is 1.14 bits per heavy atom. The Bertz CT molecular complexity index is 1030. The van der Waals surface area contributed by atoms with Crippen LogP contribution < -0.4 is 19.7 Å². The quantitative estimate of drug-likeness (QED) is 0.805. The second-order valence-electron chi connectivity index (χ2n) is 7.42. The molecular formula is C22H22N2O5. The average molecular weight is 394 g/mol. The molecule has 7 nitrogen and oxygen atoms in total. The zero-order valence-electron chi connectivity index (χ0n) is 16.6. The van der Waals surface area contributed by atoms with E-state index >= 15 is 0 Å². The van der Waals surface area contributed by atoms with Crippen molar-refractivity contribution in [3.8, 4) is 11.5 Å². The van der Waals surface area contributed by atoms with E-state index in [4.69, 9.17) is 9.47 Å². The summed E-state index contributed by atoms with van der Waals surface area (Å²) in [5, 5.41) is 2.81. The molecule has 0 spiro atoms. The molecule has 2 aliphatic heterocycles. The van der Waals surface area contributed by atoms with Gasteiger partial charge in [0.05, 0.1) is 11.6 Å². The molecule has 29 heavy (non-hydrogen) atoms. The number of anilines is 2. The molecule has 4 rings (SSSR count). The maximum Gasteiger partial charge on any atom is 0.231 e. The minimum absolute atomic E-state index is 0.0754. The molecule has 150 valence electrons. The van der Waals surface area contributed by atoms with E-state index in [1.54, 1.807) is 17.0 Å². The third-order valence-corrected chi connectivity index (χ3v) is 5.51. The minimum Gasteiger partial charge on any atom is -0.454 e. The summed E-state index contributed by atoms with van der Waals surface area (Å²) >= 11 is 0. The summed E-state index contributed by atoms with van der Waals surface area (Å²) in [5.41, 5.74) is 3.66. The van der Waals surface area contributed by atoms with Crippen LogP contribution in [0.15, 0.2) is 30.3 Å². The summed E-state index contributed by atoms with van der Waals surface area (Å²) in [6.07, 6.45) is 0.124. The van der Waals surface area contributed by atoms with Crippen LogP contribution in [0.4, 0.5) is 11.4 Å². The number of carbonyl (C=O) groups is 3. The monoisotopic (exact) mass is 394 g/mol. The fourth-order valence-corrected chi connectivity index (χ4v) is 3.72. The van der Waals surface area contributed by atoms with E-state index in [1.807, 2.05) is 32.0 Å². The predicted molar refractivity (Wildman–Crippen MR) is 108 cm³/mol. The smallest absolute Gasteiger partial charge is 0.231 e. The fraction of sp³-hybridized carbons (Fsp3) is 0.318. The molecule has 2 aromatic carbocycles. The summed E-state index contributed by atoms with van der Waals surface area (Å²) in [7, 11) is 0. The van der Waals surface area contributed by atoms with Gasteiger partial charge < -0.3 is 19.7 Å². The lowest BCUT2D eigenvalue weighted by atomic mass is 10.1. The largest absolute Gasteiger partial charge is 0.454 e. The molecule has 0 bridgehead atoms. The average Bonchev–Trinajstić information content (AvgIpc) is 3.29. The molecular weight excluding hydrogens is 372 g/mol. The molecule has 1 saturated heterocycles. The number of benzene rings is 2. The maximum absolute atomic E-state index is 12.9. The lowest BCUT2D eigenvalue weighted by Crippen LogP contribution is -2.29. The molecule has 0 radical (unpaired) electrons. The molecule has 1 unspecified atom stereocenters. The van der Waals surface area contributed by atoms with Crippen LogP contribution in [0.1, 0.15) is 34.8 Å². The topological polar surface area (TPSA) is 84.9 Å². The predicted octanol–water partition coefficient (Wildman–Crippen LogP) is 3.23. The van der Waals surface area contributed by atoms with Crippen molar-refractivity contribution >= 4 is 29.0 Å². The molecule has 0 aliphatic carbocycles. The molecule has 0 saturated carbocycles. The normalized spacial score (nSPS) is 17.6. The Hall–Kier alpha value is -3.35. The van der Waals surface area contributed by atoms with Gasteiger partial charge in [0, 0.05) is 30.3 Å². The van der Waals surface area contributed by atoms with Crippen LogP contribution >= 0.6 is 0 Å². The van der Waals surface area contributed by atoms with E-state index in [0.29, 0.717) is 29.3 Å². The van der Waals surface area contributed by atoms with Gasteiger partial charge in [-0.05, 0) is 44.0 Å². The number of fused-ring (bicyclic) bond motifs is 1. The molecule has 7 heteroatoms. The van der Waals surface area contributed by atoms with Crippen molar-refractivity contribution in [2.45, 2.75) is 27.2 Å². The van der Waals surface area contributed by atoms with Crippen LogP contribution in [0.25, 0.3) is 0 Å². The Kier molecular flexibility index (Phi) is 4.74. The van der Waals surface area contributed by atoms with Gasteiger partial charge in [0.25, 0.3) is 0 Å². The standard InChI is InChI=1S/C22H22N2O5/c1-12-5-4-6-18(13(12)2)24-10-15(7-21(24)26)22(27)23-17-9-20-19(28-11-29-20)8-16(17)14(3)25/h4-6,8-9,15H,7,10-11H2,1-3H3,(H,23,27). The number of Topliss-reactive ketones (excluding diaryl/α,β-unsaturated/α-hetero) is 1. The van der Waals surface area contributed by atoms with Crippen LogP contribution in [0.2, 0.25) is 0 Å². The highest BCUT2D eigenvalue weighted by atomic mass is 16.7. The SMILES string of the molecule is CC(=O)c1cc2c(cc1NC(=O)C1CC(=O)N(c3cccc(C)c3C)C1)OCO2. The molecule has 1 fully saturated rings. The van der Waals surface area contributed by atoms with Gasteiger partial charge in [-0.25, -0.2) is 0 Å². The van der Waals surface area contributed by atoms with Gasteiger partial charge in [-0.1, -0.05) is 12.1 Å². The highest BCUT2D eigenvalue weighted by Gasteiger charge is 2.36. The van der Waals surface area contributed by atoms with E-state index in [9.17, 15) is 14.4 Å². The minimum atomic E-state index is -0.507. The highest BCUT2D eigenvalue weighted by molar-refractivity contribution is 6.07. The number of rotatable bonds is 4. The summed E-state index contributed by atoms with van der Waals surface area (Å²) < 4.78 is 10.7. The van der Waals surface area contributed by atoms with Crippen molar-refractivity contribution in [1.29, 1.82) is 0 Å². The van der Waals surface area contributed by atoms with Gasteiger partial charge in [-0.3, -0.25) is 14.4 Å². The zero-order valence-corrected chi connectivity index (χ0v) is 16.6. The number of nitrogens with one attached hydrogen (secondary N) is 1. The van der Waals surface area contributed by atoms with Crippen molar-refractivity contribution < 1.29 is 23.9 Å². The molecule has 0 aromatic heterocycles. The van der Waals surface area contributed by atoms with Gasteiger partial charge >= 0.3 is 0 Å². The number of amides is 2. The van der Waals surface area contributed by atoms with Gasteiger partial charge in [0.15, 0.2) is 17.3 Å². The third-order valence-electron chi connectivity index (χ3n) is 5.51. The van der Waals surface area contributed by atoms with Crippen LogP contribution in [0.5, 0.6) is 11.5 Å². The first-order valence-electron chi connectivity index (χ1n) is 9.47. The molecule has 2 aliphatic rings. The Morgan fingerprint density at radius 2 is 1.86 bits per heavy atom. The number of ketones is 1. The molecule has 1 N–H and O–H groups in total. The second kappa shape index (κ2) is 7.24. The first-order valence-corrected chi connectivity index (χ1v) is 9.47. The summed E-state index contributed by atoms with van der Waals surface area (Å²) in [4.78, 5) is 39.2. The van der Waals surface area contributed by atoms with E-state index in [-0.39, 0.29) is 30.8 Å². The lowest BCUT2D eigenvalue weighted by Gasteiger charge is -2.20. The van der Waals surface area contributed by atoms with Crippen LogP contribution in [-0.4, -0.2) is 30.9 Å². The summed E-state index contributed by atoms with van der Waals surface area (Å²) in [6.45, 7) is 5.76. The van der Waals surface area contributed by atoms with Crippen LogP contribution in [0, 0.1) is 19.8 Å². The zero-order chi connectivity index (χ0) is 20.7. The lowest BCUT2D eigenvalue weighted by molar-refractivity contribution is -0.122. The van der Waals surface area contributed by atoms with Crippen molar-refractivity contribution in [1.82, 2.24) is 0 Å². The van der Waals surface area contributed by atoms with Gasteiger partial charge in [-0.2, -0.15) is 0 Å². The highest BCUT2D eigenvalue weighted by Crippen LogP contribution is 2.38. The maximum atomic E-state index is 12.9. The van der Waals surface area contributed by atoms with Crippen LogP contribution in [0.3, 0.4) is 0 Å². The van der Waals surface area contributed by atoms with Gasteiger partial charge in [-0.15, -0.1) is 0 Å². The van der Waals surface area contributed by atoms with Gasteiger partial charge in [0.1, 0.15) is 0 Å². The second-order valence-corrected chi connectivity index (χ2v) is 7.42. The molecule has 1 atom stereocenters. The van der Waals surface area contributed by atoms with E-state index in [2.05, 4.69) is 5.32 Å². The number of nitrogens with zero attached hydrogens (tertiary/aromatic N) is 1. The third kappa shape index (κ3) is 3.44. The fourth-order valence-electron chi connectivity index (χ4n) is 3.72. The first kappa shape index (κ1) is 19.0. The van der Waals surface area contributed by atoms with Crippen molar-refractivity contribution in [3.05, 3.63) is 47.0 Å². The number of hydrogen-bond donors (Lipinski definition) is 1. The van der Waals surface area contributed by atoms with E-state index in [1.165, 1.54) is 6.92 Å². The van der Waals surface area contributed by atoms with Crippen LogP contribution in [-0.2, 0) is 9.59 Å². The molecule has 2 heterocycles. The number of hydrogen-bond acceptors (Lipinski definition) is 5. The number of carbonyl (C=O) groups excluding carboxylic acids is 3. The first-order chi connectivity index (χ1) is 13.8. The van der Waals surface area contributed by atoms with Crippen molar-refractivity contribution in [3.63, 3.8) is 0 Å². The Balaban J connectivity index is 1.55. The Labute approximate surface area is 168 Å². The number of ether oxygens (including phenoxy) is 2. The van der Waals surface area contributed by atoms with E-state index < -0.39 is 5.92 Å². The molecule has 2 amide bonds. The summed E-state index contributed by atoms with van der Waals surface area (Å²) in [6, 6.07) is 8.96. The number of aryl methyl sites for hydroxylation is 1. The summed E-state index contributed by atoms with van der Waals surface area (Å²) in [5.74, 6) is -0.134. The van der Waals surface area contributed by atoms with Gasteiger partial charge in [0.2, 0.25) is 18.6 Å².